The SMILES string of the molecule is O=C(O)c1c(CS(=O)(=O)c2cccc(Cl)c2)ccc(-c2ccoc2)c1O. The lowest BCUT2D eigenvalue weighted by molar-refractivity contribution is 0.0693. The lowest BCUT2D eigenvalue weighted by atomic mass is 9.99. The number of hydrogen-bond acceptors (Lipinski definition) is 5. The van der Waals surface area contributed by atoms with Gasteiger partial charge in [0.1, 0.15) is 11.3 Å². The summed E-state index contributed by atoms with van der Waals surface area (Å²) in [7, 11) is -3.85. The predicted molar refractivity (Wildman–Crippen MR) is 95.1 cm³/mol. The third-order valence-corrected chi connectivity index (χ3v) is 5.71. The zero-order chi connectivity index (χ0) is 18.9. The molecule has 0 spiro atoms. The highest BCUT2D eigenvalue weighted by molar-refractivity contribution is 7.90. The van der Waals surface area contributed by atoms with Gasteiger partial charge in [-0.3, -0.25) is 0 Å². The second-order valence-corrected chi connectivity index (χ2v) is 7.96. The van der Waals surface area contributed by atoms with Gasteiger partial charge in [-0.2, -0.15) is 0 Å². The molecule has 3 aromatic rings. The van der Waals surface area contributed by atoms with Gasteiger partial charge in [-0.05, 0) is 29.8 Å². The molecule has 1 aromatic heterocycles. The molecule has 8 heteroatoms. The van der Waals surface area contributed by atoms with E-state index >= 15 is 0 Å². The lowest BCUT2D eigenvalue weighted by Crippen LogP contribution is -2.10. The number of aromatic hydroxyl groups is 1. The predicted octanol–water partition coefficient (Wildman–Crippen LogP) is 3.98. The van der Waals surface area contributed by atoms with Gasteiger partial charge in [-0.25, -0.2) is 13.2 Å². The van der Waals surface area contributed by atoms with Crippen molar-refractivity contribution >= 4 is 27.4 Å². The normalized spacial score (nSPS) is 11.4. The molecule has 0 aliphatic rings. The molecule has 1 heterocycles. The largest absolute Gasteiger partial charge is 0.506 e. The monoisotopic (exact) mass is 392 g/mol. The zero-order valence-corrected chi connectivity index (χ0v) is 14.8. The van der Waals surface area contributed by atoms with Crippen LogP contribution in [0.15, 0.2) is 64.3 Å². The van der Waals surface area contributed by atoms with Crippen molar-refractivity contribution in [1.29, 1.82) is 0 Å². The molecule has 0 bridgehead atoms. The van der Waals surface area contributed by atoms with Crippen LogP contribution in [-0.4, -0.2) is 24.6 Å². The average molecular weight is 393 g/mol. The second kappa shape index (κ2) is 6.86. The molecule has 0 unspecified atom stereocenters. The number of halogens is 1. The van der Waals surface area contributed by atoms with E-state index in [2.05, 4.69) is 0 Å². The summed E-state index contributed by atoms with van der Waals surface area (Å²) in [5.41, 5.74) is 0.228. The molecular formula is C18H13ClO6S. The fourth-order valence-corrected chi connectivity index (χ4v) is 4.26. The van der Waals surface area contributed by atoms with E-state index in [0.29, 0.717) is 5.56 Å². The van der Waals surface area contributed by atoms with Gasteiger partial charge in [-0.1, -0.05) is 29.8 Å². The average Bonchev–Trinajstić information content (AvgIpc) is 3.08. The highest BCUT2D eigenvalue weighted by Gasteiger charge is 2.24. The van der Waals surface area contributed by atoms with Gasteiger partial charge in [-0.15, -0.1) is 0 Å². The van der Waals surface area contributed by atoms with E-state index in [4.69, 9.17) is 16.0 Å². The van der Waals surface area contributed by atoms with Crippen molar-refractivity contribution < 1.29 is 27.8 Å². The van der Waals surface area contributed by atoms with Gasteiger partial charge in [0.15, 0.2) is 9.84 Å². The van der Waals surface area contributed by atoms with E-state index in [-0.39, 0.29) is 21.0 Å². The van der Waals surface area contributed by atoms with E-state index in [9.17, 15) is 23.4 Å². The molecule has 0 amide bonds. The van der Waals surface area contributed by atoms with Crippen LogP contribution < -0.4 is 0 Å². The number of sulfone groups is 1. The fourth-order valence-electron chi connectivity index (χ4n) is 2.59. The lowest BCUT2D eigenvalue weighted by Gasteiger charge is -2.12. The van der Waals surface area contributed by atoms with Crippen LogP contribution in [0.5, 0.6) is 5.75 Å². The summed E-state index contributed by atoms with van der Waals surface area (Å²) < 4.78 is 30.1. The van der Waals surface area contributed by atoms with Crippen LogP contribution >= 0.6 is 11.6 Å². The molecule has 2 aromatic carbocycles. The van der Waals surface area contributed by atoms with Gasteiger partial charge < -0.3 is 14.6 Å². The second-order valence-electron chi connectivity index (χ2n) is 5.53. The van der Waals surface area contributed by atoms with Crippen LogP contribution in [0.1, 0.15) is 15.9 Å². The number of aromatic carboxylic acids is 1. The minimum Gasteiger partial charge on any atom is -0.506 e. The Bertz CT molecular complexity index is 1070. The third kappa shape index (κ3) is 3.44. The van der Waals surface area contributed by atoms with Crippen molar-refractivity contribution in [2.45, 2.75) is 10.6 Å². The molecule has 0 aliphatic heterocycles. The molecule has 0 atom stereocenters. The van der Waals surface area contributed by atoms with Gasteiger partial charge >= 0.3 is 5.97 Å². The first-order valence-corrected chi connectivity index (χ1v) is 9.41. The quantitative estimate of drug-likeness (QED) is 0.680. The van der Waals surface area contributed by atoms with E-state index in [1.54, 1.807) is 6.07 Å². The van der Waals surface area contributed by atoms with E-state index < -0.39 is 32.9 Å². The Kier molecular flexibility index (Phi) is 4.76. The van der Waals surface area contributed by atoms with E-state index in [1.807, 2.05) is 0 Å². The van der Waals surface area contributed by atoms with Crippen LogP contribution in [0.3, 0.4) is 0 Å². The standard InChI is InChI=1S/C18H13ClO6S/c19-13-2-1-3-14(8-13)26(23,24)10-12-4-5-15(11-6-7-25-9-11)17(20)16(12)18(21)22/h1-9,20H,10H2,(H,21,22). The van der Waals surface area contributed by atoms with Gasteiger partial charge in [0.25, 0.3) is 0 Å². The van der Waals surface area contributed by atoms with Crippen LogP contribution in [0.25, 0.3) is 11.1 Å². The molecule has 6 nitrogen and oxygen atoms in total. The Labute approximate surface area is 154 Å². The summed E-state index contributed by atoms with van der Waals surface area (Å²) in [5, 5.41) is 20.1. The number of carbonyl (C=O) groups is 1. The first kappa shape index (κ1) is 18.0. The van der Waals surface area contributed by atoms with Crippen molar-refractivity contribution in [3.8, 4) is 16.9 Å². The molecule has 0 saturated carbocycles. The molecule has 0 aliphatic carbocycles. The van der Waals surface area contributed by atoms with Crippen LogP contribution in [-0.2, 0) is 15.6 Å². The summed E-state index contributed by atoms with van der Waals surface area (Å²) in [4.78, 5) is 11.6. The Morgan fingerprint density at radius 3 is 2.54 bits per heavy atom. The zero-order valence-electron chi connectivity index (χ0n) is 13.2. The number of phenols is 1. The summed E-state index contributed by atoms with van der Waals surface area (Å²) >= 11 is 5.83. The Hall–Kier alpha value is -2.77. The van der Waals surface area contributed by atoms with Crippen LogP contribution in [0.2, 0.25) is 5.02 Å². The van der Waals surface area contributed by atoms with Crippen molar-refractivity contribution in [2.24, 2.45) is 0 Å². The molecule has 0 saturated heterocycles. The Morgan fingerprint density at radius 1 is 1.15 bits per heavy atom. The van der Waals surface area contributed by atoms with E-state index in [1.165, 1.54) is 48.9 Å². The number of rotatable bonds is 5. The minimum absolute atomic E-state index is 0.0257. The number of hydrogen-bond donors (Lipinski definition) is 2. The van der Waals surface area contributed by atoms with Gasteiger partial charge in [0.2, 0.25) is 0 Å². The van der Waals surface area contributed by atoms with Crippen LogP contribution in [0.4, 0.5) is 0 Å². The highest BCUT2D eigenvalue weighted by atomic mass is 35.5. The smallest absolute Gasteiger partial charge is 0.339 e. The summed E-state index contributed by atoms with van der Waals surface area (Å²) in [6.45, 7) is 0. The third-order valence-electron chi connectivity index (χ3n) is 3.81. The molecule has 0 fully saturated rings. The number of benzene rings is 2. The number of carboxylic acids is 1. The van der Waals surface area contributed by atoms with Crippen molar-refractivity contribution in [3.05, 3.63) is 71.1 Å². The molecule has 0 radical (unpaired) electrons. The summed E-state index contributed by atoms with van der Waals surface area (Å²) in [6, 6.07) is 10.1. The van der Waals surface area contributed by atoms with Crippen molar-refractivity contribution in [3.63, 3.8) is 0 Å². The number of carboxylic acid groups (broad SMARTS) is 1. The maximum absolute atomic E-state index is 12.6. The maximum atomic E-state index is 12.6. The fraction of sp³-hybridized carbons (Fsp3) is 0.0556. The number of furan rings is 1. The van der Waals surface area contributed by atoms with Gasteiger partial charge in [0, 0.05) is 16.1 Å². The molecular weight excluding hydrogens is 380 g/mol. The molecule has 2 N–H and O–H groups in total. The van der Waals surface area contributed by atoms with Gasteiger partial charge in [0.05, 0.1) is 23.2 Å². The highest BCUT2D eigenvalue weighted by Crippen LogP contribution is 2.35. The van der Waals surface area contributed by atoms with Crippen molar-refractivity contribution in [2.75, 3.05) is 0 Å². The molecule has 26 heavy (non-hydrogen) atoms. The molecule has 3 rings (SSSR count). The van der Waals surface area contributed by atoms with Crippen LogP contribution in [0, 0.1) is 0 Å². The first-order valence-electron chi connectivity index (χ1n) is 7.38. The van der Waals surface area contributed by atoms with Crippen molar-refractivity contribution in [1.82, 2.24) is 0 Å². The summed E-state index contributed by atoms with van der Waals surface area (Å²) in [5.74, 6) is -2.53. The Morgan fingerprint density at radius 2 is 1.92 bits per heavy atom. The first-order chi connectivity index (χ1) is 12.3. The maximum Gasteiger partial charge on any atom is 0.339 e. The van der Waals surface area contributed by atoms with E-state index in [0.717, 1.165) is 0 Å². The summed E-state index contributed by atoms with van der Waals surface area (Å²) in [6.07, 6.45) is 2.73. The molecule has 134 valence electrons. The Balaban J connectivity index is 2.08. The minimum atomic E-state index is -3.85. The topological polar surface area (TPSA) is 105 Å².